The lowest BCUT2D eigenvalue weighted by molar-refractivity contribution is -0.135. The number of hydrogen-bond donors (Lipinski definition) is 4. The second-order valence-electron chi connectivity index (χ2n) is 18.1. The molecule has 2 aliphatic heterocycles. The number of urea groups is 1. The number of aliphatic hydroxyl groups is 1. The second kappa shape index (κ2) is 22.8. The Morgan fingerprint density at radius 1 is 0.884 bits per heavy atom. The summed E-state index contributed by atoms with van der Waals surface area (Å²) in [5, 5.41) is 24.5. The van der Waals surface area contributed by atoms with E-state index in [9.17, 15) is 32.7 Å². The number of piperazine rings is 1. The van der Waals surface area contributed by atoms with Crippen molar-refractivity contribution in [3.63, 3.8) is 0 Å². The highest BCUT2D eigenvalue weighted by atomic mass is 32.2. The van der Waals surface area contributed by atoms with Crippen molar-refractivity contribution in [1.82, 2.24) is 48.7 Å². The smallest absolute Gasteiger partial charge is 0.329 e. The van der Waals surface area contributed by atoms with E-state index in [0.717, 1.165) is 60.7 Å². The number of fused-ring (bicyclic) bond motifs is 2. The number of para-hydroxylation sites is 1. The summed E-state index contributed by atoms with van der Waals surface area (Å²) >= 11 is 0. The number of hydrogen-bond acceptors (Lipinski definition) is 13. The fourth-order valence-corrected chi connectivity index (χ4v) is 10.9. The van der Waals surface area contributed by atoms with Crippen molar-refractivity contribution in [2.45, 2.75) is 107 Å². The molecule has 4 N–H and O–H groups in total. The van der Waals surface area contributed by atoms with Crippen molar-refractivity contribution in [1.29, 1.82) is 0 Å². The zero-order valence-corrected chi connectivity index (χ0v) is 40.4. The van der Waals surface area contributed by atoms with Crippen LogP contribution in [0, 0.1) is 0 Å². The molecule has 1 atom stereocenters. The topological polar surface area (TPSA) is 237 Å². The molecule has 5 heterocycles. The number of piperidine rings is 1. The third-order valence-electron chi connectivity index (χ3n) is 13.3. The van der Waals surface area contributed by atoms with E-state index in [-0.39, 0.29) is 73.7 Å². The van der Waals surface area contributed by atoms with Crippen molar-refractivity contribution in [3.05, 3.63) is 64.7 Å². The van der Waals surface area contributed by atoms with Crippen LogP contribution in [0.25, 0.3) is 33.3 Å². The van der Waals surface area contributed by atoms with Gasteiger partial charge in [0.25, 0.3) is 0 Å². The summed E-state index contributed by atoms with van der Waals surface area (Å²) in [4.78, 5) is 61.6. The summed E-state index contributed by atoms with van der Waals surface area (Å²) in [6.45, 7) is 6.27. The van der Waals surface area contributed by atoms with Crippen LogP contribution in [-0.2, 0) is 42.6 Å². The Labute approximate surface area is 401 Å². The van der Waals surface area contributed by atoms with Gasteiger partial charge in [0, 0.05) is 90.9 Å². The standard InChI is InChI=1S/C48H65N11O9S/c1-3-4-22-49-46-51-32-38-42(54-59(44(38)53-46)35-14-16-36(60)17-15-35)33-12-18-37(19-13-33)69(65,66)57-26-24-56(25-27-57)47(63)50-23-7-29-68-31-8-30-67-28-6-10-34-9-5-11-39-43(34)55(2)48(64)58(39)40-20-21-41(61)52-45(40)62/h5,9,11-13,18-19,32,35-36,40,60H,3-4,6-8,10,14-17,20-31H2,1-2H3,(H,50,63)(H,49,51,53)(H,52,61,62)/t35-,36-,40?. The first-order valence-corrected chi connectivity index (χ1v) is 25.9. The van der Waals surface area contributed by atoms with Gasteiger partial charge in [0.15, 0.2) is 5.65 Å². The predicted octanol–water partition coefficient (Wildman–Crippen LogP) is 4.27. The molecule has 3 aromatic heterocycles. The molecule has 3 aliphatic rings. The number of ether oxygens (including phenoxy) is 2. The van der Waals surface area contributed by atoms with Crippen LogP contribution in [0.5, 0.6) is 0 Å². The molecule has 1 saturated carbocycles. The van der Waals surface area contributed by atoms with Crippen LogP contribution in [0.3, 0.4) is 0 Å². The number of aromatic nitrogens is 6. The first-order valence-electron chi connectivity index (χ1n) is 24.4. The fourth-order valence-electron chi connectivity index (χ4n) is 9.49. The number of anilines is 1. The van der Waals surface area contributed by atoms with Gasteiger partial charge in [-0.25, -0.2) is 27.7 Å². The van der Waals surface area contributed by atoms with E-state index in [1.807, 2.05) is 22.9 Å². The van der Waals surface area contributed by atoms with E-state index in [1.54, 1.807) is 47.0 Å². The number of benzene rings is 2. The van der Waals surface area contributed by atoms with Crippen LogP contribution in [0.4, 0.5) is 10.7 Å². The van der Waals surface area contributed by atoms with Gasteiger partial charge in [0.1, 0.15) is 11.7 Å². The summed E-state index contributed by atoms with van der Waals surface area (Å²) in [6.07, 6.45) is 9.72. The maximum Gasteiger partial charge on any atom is 0.329 e. The minimum Gasteiger partial charge on any atom is -0.393 e. The molecule has 21 heteroatoms. The highest BCUT2D eigenvalue weighted by molar-refractivity contribution is 7.89. The van der Waals surface area contributed by atoms with Gasteiger partial charge in [-0.3, -0.25) is 24.0 Å². The number of rotatable bonds is 21. The number of nitrogens with one attached hydrogen (secondary N) is 3. The fraction of sp³-hybridized carbons (Fsp3) is 0.562. The summed E-state index contributed by atoms with van der Waals surface area (Å²) in [6, 6.07) is 11.6. The summed E-state index contributed by atoms with van der Waals surface area (Å²) < 4.78 is 45.5. The Bertz CT molecular complexity index is 2760. The van der Waals surface area contributed by atoms with Gasteiger partial charge < -0.3 is 30.1 Å². The third kappa shape index (κ3) is 11.5. The van der Waals surface area contributed by atoms with Crippen LogP contribution >= 0.6 is 0 Å². The first-order chi connectivity index (χ1) is 33.4. The van der Waals surface area contributed by atoms with Crippen molar-refractivity contribution < 1.29 is 37.4 Å². The lowest BCUT2D eigenvalue weighted by Gasteiger charge is -2.34. The zero-order chi connectivity index (χ0) is 48.5. The van der Waals surface area contributed by atoms with E-state index in [4.69, 9.17) is 19.6 Å². The summed E-state index contributed by atoms with van der Waals surface area (Å²) in [5.41, 5.74) is 4.28. The van der Waals surface area contributed by atoms with E-state index in [1.165, 1.54) is 8.87 Å². The Balaban J connectivity index is 0.723. The molecule has 69 heavy (non-hydrogen) atoms. The maximum atomic E-state index is 13.8. The first kappa shape index (κ1) is 49.7. The molecule has 2 saturated heterocycles. The number of imide groups is 1. The molecule has 8 rings (SSSR count). The number of amides is 4. The van der Waals surface area contributed by atoms with E-state index >= 15 is 0 Å². The molecule has 5 aromatic rings. The maximum absolute atomic E-state index is 13.8. The number of unbranched alkanes of at least 4 members (excludes halogenated alkanes) is 1. The summed E-state index contributed by atoms with van der Waals surface area (Å²) in [5.74, 6) is -0.239. The third-order valence-corrected chi connectivity index (χ3v) is 15.2. The van der Waals surface area contributed by atoms with Crippen molar-refractivity contribution in [3.8, 4) is 11.3 Å². The van der Waals surface area contributed by atoms with E-state index in [0.29, 0.717) is 87.9 Å². The normalized spacial score (nSPS) is 19.3. The van der Waals surface area contributed by atoms with Gasteiger partial charge >= 0.3 is 11.7 Å². The minimum atomic E-state index is -3.81. The monoisotopic (exact) mass is 971 g/mol. The molecular formula is C48H65N11O9S. The number of imidazole rings is 1. The number of aryl methyl sites for hydroxylation is 2. The molecule has 1 unspecified atom stereocenters. The largest absolute Gasteiger partial charge is 0.393 e. The van der Waals surface area contributed by atoms with Gasteiger partial charge in [-0.05, 0) is 88.0 Å². The molecule has 0 bridgehead atoms. The highest BCUT2D eigenvalue weighted by Crippen LogP contribution is 2.35. The van der Waals surface area contributed by atoms with E-state index < -0.39 is 22.0 Å². The molecule has 20 nitrogen and oxygen atoms in total. The van der Waals surface area contributed by atoms with Crippen molar-refractivity contribution >= 4 is 55.9 Å². The molecule has 4 amide bonds. The minimum absolute atomic E-state index is 0.0816. The Morgan fingerprint density at radius 3 is 2.33 bits per heavy atom. The van der Waals surface area contributed by atoms with Crippen LogP contribution in [0.15, 0.2) is 58.4 Å². The number of sulfonamides is 1. The van der Waals surface area contributed by atoms with Gasteiger partial charge in [-0.15, -0.1) is 0 Å². The molecule has 0 spiro atoms. The Morgan fingerprint density at radius 2 is 1.61 bits per heavy atom. The van der Waals surface area contributed by atoms with Crippen LogP contribution in [-0.4, -0.2) is 141 Å². The molecule has 1 aliphatic carbocycles. The predicted molar refractivity (Wildman–Crippen MR) is 259 cm³/mol. The number of nitrogens with zero attached hydrogens (tertiary/aromatic N) is 8. The van der Waals surface area contributed by atoms with Crippen molar-refractivity contribution in [2.24, 2.45) is 7.05 Å². The molecule has 2 aromatic carbocycles. The molecule has 0 radical (unpaired) electrons. The average molecular weight is 972 g/mol. The quantitative estimate of drug-likeness (QED) is 0.0595. The second-order valence-corrected chi connectivity index (χ2v) is 20.1. The Hall–Kier alpha value is -5.74. The summed E-state index contributed by atoms with van der Waals surface area (Å²) in [7, 11) is -2.11. The number of carbonyl (C=O) groups is 3. The number of carbonyl (C=O) groups excluding carboxylic acids is 3. The van der Waals surface area contributed by atoms with Crippen LogP contribution in [0.2, 0.25) is 0 Å². The van der Waals surface area contributed by atoms with Gasteiger partial charge in [0.2, 0.25) is 27.8 Å². The molecular weight excluding hydrogens is 907 g/mol. The Kier molecular flexibility index (Phi) is 16.4. The van der Waals surface area contributed by atoms with Gasteiger partial charge in [0.05, 0.1) is 33.5 Å². The zero-order valence-electron chi connectivity index (χ0n) is 39.6. The van der Waals surface area contributed by atoms with Gasteiger partial charge in [-0.2, -0.15) is 14.4 Å². The van der Waals surface area contributed by atoms with Crippen LogP contribution < -0.4 is 21.6 Å². The molecule has 372 valence electrons. The lowest BCUT2D eigenvalue weighted by Crippen LogP contribution is -2.53. The van der Waals surface area contributed by atoms with Crippen LogP contribution in [0.1, 0.15) is 95.2 Å². The number of aliphatic hydroxyl groups excluding tert-OH is 1. The highest BCUT2D eigenvalue weighted by Gasteiger charge is 2.33. The lowest BCUT2D eigenvalue weighted by atomic mass is 9.93. The van der Waals surface area contributed by atoms with E-state index in [2.05, 4.69) is 27.9 Å². The average Bonchev–Trinajstić information content (AvgIpc) is 3.85. The SMILES string of the molecule is CCCCNc1ncc2c(-c3ccc(S(=O)(=O)N4CCN(C(=O)NCCCOCCCOCCCc5cccc6c5n(C)c(=O)n6C5CCC(=O)NC5=O)CC4)cc3)nn([C@H]3CC[C@H](O)CC3)c2n1. The van der Waals surface area contributed by atoms with Crippen molar-refractivity contribution in [2.75, 3.05) is 71.0 Å². The van der Waals surface area contributed by atoms with Gasteiger partial charge in [-0.1, -0.05) is 37.6 Å². The molecule has 3 fully saturated rings.